The van der Waals surface area contributed by atoms with E-state index in [1.54, 1.807) is 4.90 Å². The predicted octanol–water partition coefficient (Wildman–Crippen LogP) is 1.29. The third-order valence-electron chi connectivity index (χ3n) is 3.05. The molecule has 1 aromatic heterocycles. The lowest BCUT2D eigenvalue weighted by molar-refractivity contribution is 0.0226. The first-order chi connectivity index (χ1) is 8.81. The quantitative estimate of drug-likeness (QED) is 0.788. The van der Waals surface area contributed by atoms with E-state index in [0.29, 0.717) is 19.6 Å². The topological polar surface area (TPSA) is 55.6 Å². The number of hydrogen-bond donors (Lipinski definition) is 1. The van der Waals surface area contributed by atoms with E-state index in [1.165, 1.54) is 16.9 Å². The molecule has 2 heterocycles. The van der Waals surface area contributed by atoms with Crippen LogP contribution in [0.5, 0.6) is 0 Å². The Balaban J connectivity index is 2.12. The van der Waals surface area contributed by atoms with Crippen molar-refractivity contribution in [1.29, 1.82) is 0 Å². The second-order valence-electron chi connectivity index (χ2n) is 5.70. The number of hydrogen-bond acceptors (Lipinski definition) is 4. The normalized spacial score (nSPS) is 15.3. The van der Waals surface area contributed by atoms with Crippen LogP contribution in [0.1, 0.15) is 36.8 Å². The van der Waals surface area contributed by atoms with Crippen LogP contribution in [0.3, 0.4) is 0 Å². The van der Waals surface area contributed by atoms with Gasteiger partial charge in [-0.1, -0.05) is 0 Å². The van der Waals surface area contributed by atoms with Gasteiger partial charge in [-0.05, 0) is 43.1 Å². The minimum atomic E-state index is -0.464. The lowest BCUT2D eigenvalue weighted by Gasteiger charge is -2.30. The Labute approximate surface area is 119 Å². The van der Waals surface area contributed by atoms with Gasteiger partial charge in [-0.25, -0.2) is 4.79 Å². The molecule has 0 aromatic carbocycles. The molecule has 0 spiro atoms. The molecule has 19 heavy (non-hydrogen) atoms. The molecule has 0 fully saturated rings. The number of rotatable bonds is 1. The summed E-state index contributed by atoms with van der Waals surface area (Å²) in [7, 11) is 5.96. The molecule has 1 amide bonds. The maximum Gasteiger partial charge on any atom is 0.410 e. The Morgan fingerprint density at radius 3 is 2.79 bits per heavy atom. The van der Waals surface area contributed by atoms with E-state index >= 15 is 0 Å². The van der Waals surface area contributed by atoms with Crippen molar-refractivity contribution in [3.8, 4) is 0 Å². The van der Waals surface area contributed by atoms with Crippen molar-refractivity contribution in [3.05, 3.63) is 16.0 Å². The molecule has 1 aromatic rings. The number of ether oxygens (including phenoxy) is 1. The van der Waals surface area contributed by atoms with Crippen LogP contribution in [-0.2, 0) is 24.2 Å². The Morgan fingerprint density at radius 1 is 1.53 bits per heavy atom. The summed E-state index contributed by atoms with van der Waals surface area (Å²) in [6.45, 7) is 7.30. The SMILES string of the molecule is [B]c1sc2c(c1CN)CCN(C(=O)OC(C)(C)C)C2. The van der Waals surface area contributed by atoms with Crippen LogP contribution in [0, 0.1) is 0 Å². The van der Waals surface area contributed by atoms with E-state index in [0.717, 1.165) is 21.6 Å². The first kappa shape index (κ1) is 14.4. The van der Waals surface area contributed by atoms with Gasteiger partial charge in [0.15, 0.2) is 0 Å². The smallest absolute Gasteiger partial charge is 0.410 e. The molecule has 1 aliphatic heterocycles. The summed E-state index contributed by atoms with van der Waals surface area (Å²) in [5.41, 5.74) is 7.53. The van der Waals surface area contributed by atoms with Crippen molar-refractivity contribution >= 4 is 30.1 Å². The highest BCUT2D eigenvalue weighted by Crippen LogP contribution is 2.27. The highest BCUT2D eigenvalue weighted by Gasteiger charge is 2.28. The zero-order chi connectivity index (χ0) is 14.2. The second kappa shape index (κ2) is 5.17. The van der Waals surface area contributed by atoms with Gasteiger partial charge >= 0.3 is 6.09 Å². The Morgan fingerprint density at radius 2 is 2.21 bits per heavy atom. The highest BCUT2D eigenvalue weighted by molar-refractivity contribution is 7.20. The third kappa shape index (κ3) is 3.12. The van der Waals surface area contributed by atoms with Crippen molar-refractivity contribution in [1.82, 2.24) is 4.90 Å². The van der Waals surface area contributed by atoms with Gasteiger partial charge in [0.2, 0.25) is 0 Å². The van der Waals surface area contributed by atoms with Gasteiger partial charge < -0.3 is 15.4 Å². The maximum absolute atomic E-state index is 12.0. The molecule has 0 unspecified atom stereocenters. The van der Waals surface area contributed by atoms with E-state index < -0.39 is 5.60 Å². The third-order valence-corrected chi connectivity index (χ3v) is 4.14. The Bertz CT molecular complexity index is 494. The summed E-state index contributed by atoms with van der Waals surface area (Å²) < 4.78 is 6.17. The number of thiophene rings is 1. The Kier molecular flexibility index (Phi) is 3.92. The average molecular weight is 278 g/mol. The molecule has 0 saturated carbocycles. The molecule has 0 saturated heterocycles. The first-order valence-corrected chi connectivity index (χ1v) is 7.20. The second-order valence-corrected chi connectivity index (χ2v) is 6.84. The molecule has 4 nitrogen and oxygen atoms in total. The van der Waals surface area contributed by atoms with Crippen molar-refractivity contribution in [2.75, 3.05) is 6.54 Å². The minimum Gasteiger partial charge on any atom is -0.444 e. The van der Waals surface area contributed by atoms with Crippen LogP contribution >= 0.6 is 11.3 Å². The molecule has 2 N–H and O–H groups in total. The van der Waals surface area contributed by atoms with Gasteiger partial charge in [0.05, 0.1) is 6.54 Å². The number of nitrogens with two attached hydrogens (primary N) is 1. The van der Waals surface area contributed by atoms with E-state index in [-0.39, 0.29) is 6.09 Å². The molecule has 2 radical (unpaired) electrons. The van der Waals surface area contributed by atoms with Crippen molar-refractivity contribution in [2.45, 2.75) is 45.9 Å². The zero-order valence-corrected chi connectivity index (χ0v) is 12.5. The van der Waals surface area contributed by atoms with E-state index in [4.69, 9.17) is 18.3 Å². The largest absolute Gasteiger partial charge is 0.444 e. The molecule has 0 atom stereocenters. The van der Waals surface area contributed by atoms with Crippen LogP contribution in [-0.4, -0.2) is 31.0 Å². The van der Waals surface area contributed by atoms with Crippen LogP contribution in [0.25, 0.3) is 0 Å². The van der Waals surface area contributed by atoms with Gasteiger partial charge in [-0.3, -0.25) is 0 Å². The molecular weight excluding hydrogens is 259 g/mol. The van der Waals surface area contributed by atoms with Crippen LogP contribution < -0.4 is 10.5 Å². The minimum absolute atomic E-state index is 0.264. The van der Waals surface area contributed by atoms with Crippen molar-refractivity contribution in [3.63, 3.8) is 0 Å². The maximum atomic E-state index is 12.0. The van der Waals surface area contributed by atoms with Gasteiger partial charge in [-0.15, -0.1) is 0 Å². The number of fused-ring (bicyclic) bond motifs is 1. The monoisotopic (exact) mass is 278 g/mol. The summed E-state index contributed by atoms with van der Waals surface area (Å²) >= 11 is 1.53. The predicted molar refractivity (Wildman–Crippen MR) is 77.9 cm³/mol. The van der Waals surface area contributed by atoms with Crippen LogP contribution in [0.4, 0.5) is 4.79 Å². The molecule has 0 bridgehead atoms. The van der Waals surface area contributed by atoms with E-state index in [1.807, 2.05) is 20.8 Å². The molecule has 6 heteroatoms. The standard InChI is InChI=1S/C13H19BN2O2S/c1-13(2,3)18-12(17)16-5-4-8-9(6-15)11(14)19-10(8)7-16/h4-7,15H2,1-3H3. The summed E-state index contributed by atoms with van der Waals surface area (Å²) in [5, 5.41) is 0. The van der Waals surface area contributed by atoms with Gasteiger partial charge in [0.25, 0.3) is 0 Å². The molecule has 1 aliphatic rings. The average Bonchev–Trinajstić information content (AvgIpc) is 2.60. The number of carbonyl (C=O) groups is 1. The fourth-order valence-corrected chi connectivity index (χ4v) is 3.36. The van der Waals surface area contributed by atoms with Crippen LogP contribution in [0.2, 0.25) is 0 Å². The number of amides is 1. The lowest BCUT2D eigenvalue weighted by Crippen LogP contribution is -2.39. The summed E-state index contributed by atoms with van der Waals surface area (Å²) in [6.07, 6.45) is 0.536. The summed E-state index contributed by atoms with van der Waals surface area (Å²) in [6, 6.07) is 0. The first-order valence-electron chi connectivity index (χ1n) is 6.38. The molecule has 102 valence electrons. The highest BCUT2D eigenvalue weighted by atomic mass is 32.1. The van der Waals surface area contributed by atoms with Gasteiger partial charge in [0, 0.05) is 18.0 Å². The molecule has 0 aliphatic carbocycles. The van der Waals surface area contributed by atoms with Crippen LogP contribution in [0.15, 0.2) is 0 Å². The lowest BCUT2D eigenvalue weighted by atomic mass is 9.95. The number of carbonyl (C=O) groups excluding carboxylic acids is 1. The Hall–Kier alpha value is -1.01. The van der Waals surface area contributed by atoms with E-state index in [9.17, 15) is 4.79 Å². The van der Waals surface area contributed by atoms with Crippen molar-refractivity contribution in [2.24, 2.45) is 5.73 Å². The summed E-state index contributed by atoms with van der Waals surface area (Å²) in [4.78, 5) is 14.9. The summed E-state index contributed by atoms with van der Waals surface area (Å²) in [5.74, 6) is 0. The fraction of sp³-hybridized carbons (Fsp3) is 0.615. The van der Waals surface area contributed by atoms with Crippen molar-refractivity contribution < 1.29 is 9.53 Å². The van der Waals surface area contributed by atoms with E-state index in [2.05, 4.69) is 0 Å². The van der Waals surface area contributed by atoms with Gasteiger partial charge in [-0.2, -0.15) is 11.3 Å². The molecular formula is C13H19BN2O2S. The zero-order valence-electron chi connectivity index (χ0n) is 11.7. The number of nitrogens with zero attached hydrogens (tertiary/aromatic N) is 1. The molecule has 2 rings (SSSR count). The van der Waals surface area contributed by atoms with Gasteiger partial charge in [0.1, 0.15) is 13.4 Å². The fourth-order valence-electron chi connectivity index (χ4n) is 2.20.